The molecule has 1 spiro atoms. The molecule has 0 bridgehead atoms. The van der Waals surface area contributed by atoms with Crippen LogP contribution in [0.1, 0.15) is 134 Å². The molecule has 4 aromatic rings. The van der Waals surface area contributed by atoms with Gasteiger partial charge in [-0.1, -0.05) is 109 Å². The quantitative estimate of drug-likeness (QED) is 0.187. The number of fused-ring (bicyclic) bond motifs is 4. The van der Waals surface area contributed by atoms with E-state index in [1.54, 1.807) is 33.4 Å². The summed E-state index contributed by atoms with van der Waals surface area (Å²) in [5.41, 5.74) is 12.2. The van der Waals surface area contributed by atoms with Crippen molar-refractivity contribution in [2.45, 2.75) is 123 Å². The van der Waals surface area contributed by atoms with Gasteiger partial charge in [-0.25, -0.2) is 0 Å². The van der Waals surface area contributed by atoms with Crippen LogP contribution in [-0.4, -0.2) is 0 Å². The Morgan fingerprint density at radius 2 is 1.53 bits per heavy atom. The van der Waals surface area contributed by atoms with E-state index in [2.05, 4.69) is 113 Å². The first-order valence-electron chi connectivity index (χ1n) is 18.4. The molecule has 45 heavy (non-hydrogen) atoms. The molecule has 0 N–H and O–H groups in total. The molecule has 0 radical (unpaired) electrons. The van der Waals surface area contributed by atoms with E-state index in [1.807, 2.05) is 0 Å². The molecule has 3 aliphatic carbocycles. The summed E-state index contributed by atoms with van der Waals surface area (Å²) in [7, 11) is 0. The molecule has 8 rings (SSSR count). The van der Waals surface area contributed by atoms with Gasteiger partial charge in [0, 0.05) is 23.5 Å². The van der Waals surface area contributed by atoms with Gasteiger partial charge in [-0.15, -0.1) is 0 Å². The summed E-state index contributed by atoms with van der Waals surface area (Å²) in [6.07, 6.45) is 20.6. The average Bonchev–Trinajstić information content (AvgIpc) is 3.32. The maximum Gasteiger partial charge on any atom is 0.222 e. The summed E-state index contributed by atoms with van der Waals surface area (Å²) < 4.78 is 2.76. The average molecular weight is 595 g/mol. The third-order valence-corrected chi connectivity index (χ3v) is 12.8. The van der Waals surface area contributed by atoms with Crippen molar-refractivity contribution in [2.24, 2.45) is 11.8 Å². The fourth-order valence-electron chi connectivity index (χ4n) is 10.4. The second-order valence-electron chi connectivity index (χ2n) is 15.4. The Morgan fingerprint density at radius 3 is 2.27 bits per heavy atom. The SMILES string of the molecule is CCC(CC)C1=CC2(CC(C(CC)CC)=C1)c1cc3ccccc3c3c1-c1c4c(cc(C5CCCCC5)cc4cc[n+]12)C3(C)C. The van der Waals surface area contributed by atoms with E-state index in [4.69, 9.17) is 0 Å². The van der Waals surface area contributed by atoms with Crippen molar-refractivity contribution in [1.82, 2.24) is 0 Å². The van der Waals surface area contributed by atoms with Gasteiger partial charge < -0.3 is 0 Å². The Hall–Kier alpha value is -3.19. The number of hydrogen-bond donors (Lipinski definition) is 0. The van der Waals surface area contributed by atoms with Gasteiger partial charge in [0.05, 0.1) is 10.9 Å². The van der Waals surface area contributed by atoms with Gasteiger partial charge in [-0.05, 0) is 107 Å². The molecule has 4 aliphatic rings. The van der Waals surface area contributed by atoms with Crippen molar-refractivity contribution in [3.8, 4) is 11.3 Å². The minimum Gasteiger partial charge on any atom is -0.184 e. The molecular weight excluding hydrogens is 542 g/mol. The van der Waals surface area contributed by atoms with Crippen molar-refractivity contribution in [3.63, 3.8) is 0 Å². The molecule has 3 aromatic carbocycles. The number of pyridine rings is 1. The third kappa shape index (κ3) is 4.08. The molecule has 1 nitrogen and oxygen atoms in total. The number of hydrogen-bond acceptors (Lipinski definition) is 0. The molecule has 1 atom stereocenters. The minimum atomic E-state index is -0.192. The number of benzene rings is 3. The van der Waals surface area contributed by atoms with Crippen LogP contribution in [0.15, 0.2) is 78.0 Å². The van der Waals surface area contributed by atoms with E-state index in [-0.39, 0.29) is 11.0 Å². The van der Waals surface area contributed by atoms with Crippen LogP contribution in [0.5, 0.6) is 0 Å². The predicted octanol–water partition coefficient (Wildman–Crippen LogP) is 11.8. The van der Waals surface area contributed by atoms with Crippen molar-refractivity contribution in [3.05, 3.63) is 100 Å². The fraction of sp³-hybridized carbons (Fsp3) is 0.477. The molecular formula is C44H52N+. The van der Waals surface area contributed by atoms with Crippen LogP contribution in [0.4, 0.5) is 0 Å². The zero-order chi connectivity index (χ0) is 31.1. The zero-order valence-electron chi connectivity index (χ0n) is 28.6. The molecule has 1 aromatic heterocycles. The van der Waals surface area contributed by atoms with Crippen LogP contribution in [0.3, 0.4) is 0 Å². The highest BCUT2D eigenvalue weighted by Crippen LogP contribution is 2.58. The Morgan fingerprint density at radius 1 is 0.800 bits per heavy atom. The molecule has 0 saturated heterocycles. The molecule has 1 heteroatoms. The van der Waals surface area contributed by atoms with Crippen LogP contribution in [0.2, 0.25) is 0 Å². The normalized spacial score (nSPS) is 21.8. The van der Waals surface area contributed by atoms with Crippen LogP contribution < -0.4 is 4.57 Å². The molecule has 0 amide bonds. The fourth-order valence-corrected chi connectivity index (χ4v) is 10.4. The Kier molecular flexibility index (Phi) is 6.94. The van der Waals surface area contributed by atoms with Crippen molar-refractivity contribution < 1.29 is 4.57 Å². The molecule has 1 unspecified atom stereocenters. The minimum absolute atomic E-state index is 0.0871. The van der Waals surface area contributed by atoms with Crippen LogP contribution in [0, 0.1) is 11.8 Å². The first kappa shape index (κ1) is 29.2. The van der Waals surface area contributed by atoms with Crippen LogP contribution in [-0.2, 0) is 11.0 Å². The smallest absolute Gasteiger partial charge is 0.184 e. The second kappa shape index (κ2) is 10.7. The van der Waals surface area contributed by atoms with E-state index < -0.39 is 0 Å². The van der Waals surface area contributed by atoms with Crippen LogP contribution in [0.25, 0.3) is 32.8 Å². The number of nitrogens with zero attached hydrogens (tertiary/aromatic N) is 1. The largest absolute Gasteiger partial charge is 0.222 e. The van der Waals surface area contributed by atoms with Crippen molar-refractivity contribution in [1.29, 1.82) is 0 Å². The van der Waals surface area contributed by atoms with Gasteiger partial charge >= 0.3 is 0 Å². The lowest BCUT2D eigenvalue weighted by atomic mass is 9.65. The van der Waals surface area contributed by atoms with E-state index in [0.717, 1.165) is 6.42 Å². The summed E-state index contributed by atoms with van der Waals surface area (Å²) in [5.74, 6) is 1.92. The lowest BCUT2D eigenvalue weighted by molar-refractivity contribution is -0.726. The van der Waals surface area contributed by atoms with Gasteiger partial charge in [-0.3, -0.25) is 0 Å². The van der Waals surface area contributed by atoms with Crippen molar-refractivity contribution in [2.75, 3.05) is 0 Å². The summed E-state index contributed by atoms with van der Waals surface area (Å²) in [6.45, 7) is 14.6. The van der Waals surface area contributed by atoms with Gasteiger partial charge in [-0.2, -0.15) is 4.57 Å². The van der Waals surface area contributed by atoms with E-state index in [1.165, 1.54) is 90.6 Å². The summed E-state index contributed by atoms with van der Waals surface area (Å²) in [6, 6.07) is 19.6. The maximum absolute atomic E-state index is 2.76. The third-order valence-electron chi connectivity index (χ3n) is 12.8. The number of allylic oxidation sites excluding steroid dienone is 4. The van der Waals surface area contributed by atoms with Gasteiger partial charge in [0.2, 0.25) is 11.2 Å². The molecule has 2 heterocycles. The Labute approximate surface area is 271 Å². The summed E-state index contributed by atoms with van der Waals surface area (Å²) in [5, 5.41) is 5.79. The second-order valence-corrected chi connectivity index (χ2v) is 15.4. The Balaban J connectivity index is 1.49. The van der Waals surface area contributed by atoms with Gasteiger partial charge in [0.25, 0.3) is 0 Å². The first-order valence-corrected chi connectivity index (χ1v) is 18.4. The molecule has 1 fully saturated rings. The highest BCUT2D eigenvalue weighted by molar-refractivity contribution is 6.07. The standard InChI is InChI=1S/C44H52N/c1-7-28(8-2)34-23-35(29(9-3)10-4)27-44(26-34)38-24-31-18-14-15-19-36(31)41-40(38)42-39-32(20-21-45(42)44)22-33(25-37(39)43(41,5)6)30-16-12-11-13-17-30/h14-15,18-26,28-30H,7-13,16-17,27H2,1-6H3/q+1. The van der Waals surface area contributed by atoms with E-state index in [0.29, 0.717) is 17.8 Å². The van der Waals surface area contributed by atoms with E-state index >= 15 is 0 Å². The molecule has 1 saturated carbocycles. The van der Waals surface area contributed by atoms with Crippen molar-refractivity contribution >= 4 is 21.5 Å². The Bertz CT molecular complexity index is 1890. The lowest BCUT2D eigenvalue weighted by Gasteiger charge is -2.35. The predicted molar refractivity (Wildman–Crippen MR) is 191 cm³/mol. The number of aromatic nitrogens is 1. The highest BCUT2D eigenvalue weighted by Gasteiger charge is 2.57. The van der Waals surface area contributed by atoms with Gasteiger partial charge in [0.15, 0.2) is 6.20 Å². The number of rotatable bonds is 7. The maximum atomic E-state index is 2.76. The summed E-state index contributed by atoms with van der Waals surface area (Å²) in [4.78, 5) is 0. The zero-order valence-corrected chi connectivity index (χ0v) is 28.6. The molecule has 232 valence electrons. The van der Waals surface area contributed by atoms with Crippen LogP contribution >= 0.6 is 0 Å². The van der Waals surface area contributed by atoms with E-state index in [9.17, 15) is 0 Å². The monoisotopic (exact) mass is 594 g/mol. The highest BCUT2D eigenvalue weighted by atomic mass is 15.1. The summed E-state index contributed by atoms with van der Waals surface area (Å²) >= 11 is 0. The first-order chi connectivity index (χ1) is 21.9. The van der Waals surface area contributed by atoms with Gasteiger partial charge in [0.1, 0.15) is 0 Å². The topological polar surface area (TPSA) is 3.88 Å². The lowest BCUT2D eigenvalue weighted by Crippen LogP contribution is -2.55. The molecule has 1 aliphatic heterocycles.